The maximum atomic E-state index is 6.13. The maximum Gasteiger partial charge on any atom is 0.0637 e. The van der Waals surface area contributed by atoms with Gasteiger partial charge in [0, 0.05) is 12.6 Å². The molecule has 3 heteroatoms. The Hall–Kier alpha value is -0.240. The molecular weight excluding hydrogens is 253 g/mol. The Bertz CT molecular complexity index is 339. The molecule has 0 bridgehead atoms. The van der Waals surface area contributed by atoms with Crippen molar-refractivity contribution in [3.63, 3.8) is 0 Å². The van der Waals surface area contributed by atoms with Crippen LogP contribution in [0.4, 0.5) is 0 Å². The van der Waals surface area contributed by atoms with Crippen molar-refractivity contribution in [3.05, 3.63) is 33.8 Å². The molecule has 1 unspecified atom stereocenters. The van der Waals surface area contributed by atoms with Gasteiger partial charge in [-0.15, -0.1) is 0 Å². The second-order valence-corrected chi connectivity index (χ2v) is 5.28. The lowest BCUT2D eigenvalue weighted by Gasteiger charge is -2.14. The zero-order chi connectivity index (χ0) is 12.7. The second kappa shape index (κ2) is 7.97. The second-order valence-electron chi connectivity index (χ2n) is 4.49. The van der Waals surface area contributed by atoms with Gasteiger partial charge in [-0.1, -0.05) is 61.5 Å². The van der Waals surface area contributed by atoms with Gasteiger partial charge in [0.15, 0.2) is 0 Å². The molecule has 0 spiro atoms. The van der Waals surface area contributed by atoms with Crippen LogP contribution in [0.3, 0.4) is 0 Å². The molecule has 0 fully saturated rings. The smallest absolute Gasteiger partial charge is 0.0637 e. The third kappa shape index (κ3) is 5.29. The van der Waals surface area contributed by atoms with Crippen LogP contribution in [0.25, 0.3) is 0 Å². The fourth-order valence-corrected chi connectivity index (χ4v) is 2.16. The van der Waals surface area contributed by atoms with E-state index in [1.165, 1.54) is 25.7 Å². The van der Waals surface area contributed by atoms with Crippen LogP contribution < -0.4 is 5.32 Å². The number of hydrogen-bond donors (Lipinski definition) is 1. The Morgan fingerprint density at radius 2 is 2.00 bits per heavy atom. The van der Waals surface area contributed by atoms with E-state index in [1.807, 2.05) is 18.2 Å². The topological polar surface area (TPSA) is 12.0 Å². The van der Waals surface area contributed by atoms with Crippen LogP contribution in [0.5, 0.6) is 0 Å². The molecule has 0 aromatic heterocycles. The van der Waals surface area contributed by atoms with E-state index in [9.17, 15) is 0 Å². The molecule has 1 rings (SSSR count). The van der Waals surface area contributed by atoms with Crippen LogP contribution in [-0.4, -0.2) is 6.04 Å². The SMILES string of the molecule is CCCCCC(C)NCc1cccc(Cl)c1Cl. The zero-order valence-electron chi connectivity index (χ0n) is 10.6. The predicted molar refractivity (Wildman–Crippen MR) is 76.9 cm³/mol. The van der Waals surface area contributed by atoms with Crippen molar-refractivity contribution in [2.75, 3.05) is 0 Å². The fourth-order valence-electron chi connectivity index (χ4n) is 1.77. The third-order valence-corrected chi connectivity index (χ3v) is 3.77. The van der Waals surface area contributed by atoms with E-state index in [1.54, 1.807) is 0 Å². The lowest BCUT2D eigenvalue weighted by atomic mass is 10.1. The minimum Gasteiger partial charge on any atom is -0.310 e. The van der Waals surface area contributed by atoms with Crippen LogP contribution in [-0.2, 0) is 6.54 Å². The van der Waals surface area contributed by atoms with Crippen molar-refractivity contribution < 1.29 is 0 Å². The highest BCUT2D eigenvalue weighted by Crippen LogP contribution is 2.25. The number of unbranched alkanes of at least 4 members (excludes halogenated alkanes) is 2. The number of halogens is 2. The summed E-state index contributed by atoms with van der Waals surface area (Å²) < 4.78 is 0. The molecule has 0 saturated heterocycles. The molecule has 0 aliphatic carbocycles. The molecule has 0 radical (unpaired) electrons. The molecule has 0 saturated carbocycles. The predicted octanol–water partition coefficient (Wildman–Crippen LogP) is 5.05. The van der Waals surface area contributed by atoms with Crippen LogP contribution in [0.15, 0.2) is 18.2 Å². The lowest BCUT2D eigenvalue weighted by Crippen LogP contribution is -2.25. The molecule has 0 heterocycles. The van der Waals surface area contributed by atoms with Crippen molar-refractivity contribution in [1.29, 1.82) is 0 Å². The Morgan fingerprint density at radius 3 is 2.71 bits per heavy atom. The summed E-state index contributed by atoms with van der Waals surface area (Å²) >= 11 is 12.1. The molecule has 0 aliphatic rings. The molecule has 1 atom stereocenters. The molecule has 1 aromatic carbocycles. The van der Waals surface area contributed by atoms with Crippen molar-refractivity contribution in [2.24, 2.45) is 0 Å². The van der Waals surface area contributed by atoms with E-state index < -0.39 is 0 Å². The van der Waals surface area contributed by atoms with Crippen molar-refractivity contribution in [1.82, 2.24) is 5.32 Å². The first-order chi connectivity index (χ1) is 8.15. The largest absolute Gasteiger partial charge is 0.310 e. The molecule has 0 aliphatic heterocycles. The van der Waals surface area contributed by atoms with Gasteiger partial charge in [0.2, 0.25) is 0 Å². The first-order valence-electron chi connectivity index (χ1n) is 6.31. The van der Waals surface area contributed by atoms with E-state index >= 15 is 0 Å². The minimum absolute atomic E-state index is 0.525. The van der Waals surface area contributed by atoms with Crippen molar-refractivity contribution in [2.45, 2.75) is 52.1 Å². The van der Waals surface area contributed by atoms with Crippen LogP contribution in [0, 0.1) is 0 Å². The highest BCUT2D eigenvalue weighted by Gasteiger charge is 2.06. The normalized spacial score (nSPS) is 12.7. The van der Waals surface area contributed by atoms with E-state index in [2.05, 4.69) is 19.2 Å². The van der Waals surface area contributed by atoms with Crippen LogP contribution in [0.1, 0.15) is 45.1 Å². The average Bonchev–Trinajstić information content (AvgIpc) is 2.31. The highest BCUT2D eigenvalue weighted by molar-refractivity contribution is 6.42. The van der Waals surface area contributed by atoms with Crippen molar-refractivity contribution in [3.8, 4) is 0 Å². The van der Waals surface area contributed by atoms with E-state index in [-0.39, 0.29) is 0 Å². The third-order valence-electron chi connectivity index (χ3n) is 2.91. The summed E-state index contributed by atoms with van der Waals surface area (Å²) in [7, 11) is 0. The summed E-state index contributed by atoms with van der Waals surface area (Å²) in [5, 5.41) is 4.78. The summed E-state index contributed by atoms with van der Waals surface area (Å²) in [4.78, 5) is 0. The summed E-state index contributed by atoms with van der Waals surface area (Å²) in [6.45, 7) is 5.23. The van der Waals surface area contributed by atoms with Gasteiger partial charge in [-0.05, 0) is 25.0 Å². The van der Waals surface area contributed by atoms with Gasteiger partial charge in [-0.25, -0.2) is 0 Å². The first-order valence-corrected chi connectivity index (χ1v) is 7.07. The lowest BCUT2D eigenvalue weighted by molar-refractivity contribution is 0.487. The highest BCUT2D eigenvalue weighted by atomic mass is 35.5. The molecule has 17 heavy (non-hydrogen) atoms. The van der Waals surface area contributed by atoms with E-state index in [0.717, 1.165) is 12.1 Å². The zero-order valence-corrected chi connectivity index (χ0v) is 12.1. The van der Waals surface area contributed by atoms with Crippen molar-refractivity contribution >= 4 is 23.2 Å². The quantitative estimate of drug-likeness (QED) is 0.686. The van der Waals surface area contributed by atoms with Crippen LogP contribution >= 0.6 is 23.2 Å². The molecule has 1 N–H and O–H groups in total. The van der Waals surface area contributed by atoms with E-state index in [0.29, 0.717) is 16.1 Å². The Labute approximate surface area is 115 Å². The number of benzene rings is 1. The monoisotopic (exact) mass is 273 g/mol. The number of hydrogen-bond acceptors (Lipinski definition) is 1. The molecular formula is C14H21Cl2N. The van der Waals surface area contributed by atoms with Gasteiger partial charge in [-0.3, -0.25) is 0 Å². The van der Waals surface area contributed by atoms with Gasteiger partial charge in [0.25, 0.3) is 0 Å². The summed E-state index contributed by atoms with van der Waals surface area (Å²) in [5.41, 5.74) is 1.07. The summed E-state index contributed by atoms with van der Waals surface area (Å²) in [6, 6.07) is 6.29. The number of rotatable bonds is 7. The molecule has 0 amide bonds. The molecule has 1 nitrogen and oxygen atoms in total. The van der Waals surface area contributed by atoms with Gasteiger partial charge < -0.3 is 5.32 Å². The summed E-state index contributed by atoms with van der Waals surface area (Å²) in [6.07, 6.45) is 5.08. The standard InChI is InChI=1S/C14H21Cl2N/c1-3-4-5-7-11(2)17-10-12-8-6-9-13(15)14(12)16/h6,8-9,11,17H,3-5,7,10H2,1-2H3. The van der Waals surface area contributed by atoms with Gasteiger partial charge in [-0.2, -0.15) is 0 Å². The minimum atomic E-state index is 0.525. The molecule has 1 aromatic rings. The maximum absolute atomic E-state index is 6.13. The van der Waals surface area contributed by atoms with Gasteiger partial charge in [0.05, 0.1) is 10.0 Å². The first kappa shape index (κ1) is 14.8. The van der Waals surface area contributed by atoms with Gasteiger partial charge in [0.1, 0.15) is 0 Å². The van der Waals surface area contributed by atoms with Gasteiger partial charge >= 0.3 is 0 Å². The fraction of sp³-hybridized carbons (Fsp3) is 0.571. The summed E-state index contributed by atoms with van der Waals surface area (Å²) in [5.74, 6) is 0. The van der Waals surface area contributed by atoms with E-state index in [4.69, 9.17) is 23.2 Å². The Balaban J connectivity index is 2.37. The van der Waals surface area contributed by atoms with Crippen LogP contribution in [0.2, 0.25) is 10.0 Å². The Kier molecular flexibility index (Phi) is 6.94. The number of nitrogens with one attached hydrogen (secondary N) is 1. The average molecular weight is 274 g/mol. The molecule has 96 valence electrons. The Morgan fingerprint density at radius 1 is 1.24 bits per heavy atom.